The normalized spacial score (nSPS) is 18.7. The molecule has 4 rings (SSSR count). The Balaban J connectivity index is 1.51. The molecule has 0 saturated carbocycles. The lowest BCUT2D eigenvalue weighted by Gasteiger charge is -2.37. The van der Waals surface area contributed by atoms with Crippen molar-refractivity contribution < 1.29 is 4.74 Å². The lowest BCUT2D eigenvalue weighted by Crippen LogP contribution is -2.48. The van der Waals surface area contributed by atoms with Gasteiger partial charge in [-0.1, -0.05) is 11.6 Å². The molecule has 0 amide bonds. The van der Waals surface area contributed by atoms with E-state index in [2.05, 4.69) is 26.8 Å². The van der Waals surface area contributed by atoms with Crippen molar-refractivity contribution in [2.45, 2.75) is 31.8 Å². The minimum atomic E-state index is -0.0887. The molecule has 0 atom stereocenters. The molecule has 25 heavy (non-hydrogen) atoms. The molecule has 2 aromatic rings. The number of hydrogen-bond donors (Lipinski definition) is 1. The van der Waals surface area contributed by atoms with Crippen LogP contribution in [0.5, 0.6) is 5.75 Å². The van der Waals surface area contributed by atoms with E-state index < -0.39 is 0 Å². The maximum atomic E-state index is 6.20. The van der Waals surface area contributed by atoms with Crippen LogP contribution in [-0.4, -0.2) is 39.5 Å². The maximum Gasteiger partial charge on any atom is 0.243 e. The second-order valence-corrected chi connectivity index (χ2v) is 7.10. The lowest BCUT2D eigenvalue weighted by molar-refractivity contribution is 0.363. The number of hydrogen-bond acceptors (Lipinski definition) is 7. The van der Waals surface area contributed by atoms with Gasteiger partial charge in [0.2, 0.25) is 5.90 Å². The van der Waals surface area contributed by atoms with Gasteiger partial charge in [0, 0.05) is 37.1 Å². The Morgan fingerprint density at radius 3 is 2.84 bits per heavy atom. The van der Waals surface area contributed by atoms with Gasteiger partial charge in [-0.3, -0.25) is 4.98 Å². The third-order valence-corrected chi connectivity index (χ3v) is 4.86. The van der Waals surface area contributed by atoms with Gasteiger partial charge in [-0.05, 0) is 19.8 Å². The Morgan fingerprint density at radius 2 is 2.08 bits per heavy atom. The average molecular weight is 359 g/mol. The van der Waals surface area contributed by atoms with Crippen LogP contribution in [0.4, 0.5) is 5.82 Å². The van der Waals surface area contributed by atoms with Crippen molar-refractivity contribution >= 4 is 23.3 Å². The van der Waals surface area contributed by atoms with Crippen LogP contribution in [0.2, 0.25) is 5.02 Å². The Bertz CT molecular complexity index is 828. The van der Waals surface area contributed by atoms with Crippen molar-refractivity contribution in [3.8, 4) is 5.75 Å². The van der Waals surface area contributed by atoms with E-state index in [1.54, 1.807) is 18.5 Å². The van der Waals surface area contributed by atoms with Crippen molar-refractivity contribution in [2.24, 2.45) is 10.7 Å². The van der Waals surface area contributed by atoms with Crippen LogP contribution in [0.1, 0.15) is 31.2 Å². The third kappa shape index (κ3) is 3.29. The molecule has 0 bridgehead atoms. The summed E-state index contributed by atoms with van der Waals surface area (Å²) in [5.74, 6) is 1.82. The first-order chi connectivity index (χ1) is 12.0. The van der Waals surface area contributed by atoms with Crippen molar-refractivity contribution in [3.05, 3.63) is 41.1 Å². The molecule has 130 valence electrons. The molecule has 2 aliphatic rings. The van der Waals surface area contributed by atoms with E-state index in [0.717, 1.165) is 37.4 Å². The average Bonchev–Trinajstić information content (AvgIpc) is 2.99. The summed E-state index contributed by atoms with van der Waals surface area (Å²) in [6, 6.07) is 1.70. The van der Waals surface area contributed by atoms with Crippen molar-refractivity contribution in [1.82, 2.24) is 15.0 Å². The fourth-order valence-corrected chi connectivity index (χ4v) is 3.11. The highest BCUT2D eigenvalue weighted by Crippen LogP contribution is 2.27. The molecule has 1 fully saturated rings. The number of rotatable bonds is 2. The summed E-state index contributed by atoms with van der Waals surface area (Å²) in [4.78, 5) is 19.8. The monoisotopic (exact) mass is 358 g/mol. The summed E-state index contributed by atoms with van der Waals surface area (Å²) in [6.07, 6.45) is 6.81. The number of aromatic nitrogens is 3. The zero-order valence-corrected chi connectivity index (χ0v) is 14.7. The van der Waals surface area contributed by atoms with Crippen LogP contribution in [0, 0.1) is 0 Å². The van der Waals surface area contributed by atoms with Crippen molar-refractivity contribution in [1.29, 1.82) is 0 Å². The highest BCUT2D eigenvalue weighted by Gasteiger charge is 2.28. The Hall–Kier alpha value is -2.25. The smallest absolute Gasteiger partial charge is 0.243 e. The van der Waals surface area contributed by atoms with Gasteiger partial charge < -0.3 is 15.4 Å². The maximum absolute atomic E-state index is 6.20. The van der Waals surface area contributed by atoms with Gasteiger partial charge >= 0.3 is 0 Å². The Morgan fingerprint density at radius 1 is 1.28 bits per heavy atom. The Labute approximate surface area is 150 Å². The fourth-order valence-electron chi connectivity index (χ4n) is 2.96. The predicted octanol–water partition coefficient (Wildman–Crippen LogP) is 2.18. The first-order valence-corrected chi connectivity index (χ1v) is 8.62. The summed E-state index contributed by atoms with van der Waals surface area (Å²) >= 11 is 6.08. The summed E-state index contributed by atoms with van der Waals surface area (Å²) < 4.78 is 5.79. The first kappa shape index (κ1) is 16.2. The predicted molar refractivity (Wildman–Crippen MR) is 96.2 cm³/mol. The van der Waals surface area contributed by atoms with E-state index in [4.69, 9.17) is 27.1 Å². The molecule has 0 spiro atoms. The molecule has 0 aromatic carbocycles. The van der Waals surface area contributed by atoms with Gasteiger partial charge in [-0.25, -0.2) is 15.0 Å². The number of aliphatic imine (C=N–C) groups is 1. The van der Waals surface area contributed by atoms with Crippen LogP contribution >= 0.6 is 11.6 Å². The molecule has 1 saturated heterocycles. The van der Waals surface area contributed by atoms with E-state index in [9.17, 15) is 0 Å². The SMILES string of the molecule is CC1(N)CCN(c2cnc3c(n2)CN=C3Oc2ccncc2Cl)CC1. The lowest BCUT2D eigenvalue weighted by atomic mass is 9.91. The van der Waals surface area contributed by atoms with Crippen LogP contribution in [0.25, 0.3) is 0 Å². The highest BCUT2D eigenvalue weighted by molar-refractivity contribution is 6.32. The van der Waals surface area contributed by atoms with Crippen molar-refractivity contribution in [3.63, 3.8) is 0 Å². The molecule has 0 radical (unpaired) electrons. The topological polar surface area (TPSA) is 89.5 Å². The van der Waals surface area contributed by atoms with E-state index in [-0.39, 0.29) is 5.54 Å². The first-order valence-electron chi connectivity index (χ1n) is 8.24. The van der Waals surface area contributed by atoms with Gasteiger partial charge in [0.25, 0.3) is 0 Å². The molecule has 0 aliphatic carbocycles. The van der Waals surface area contributed by atoms with Gasteiger partial charge in [-0.2, -0.15) is 0 Å². The van der Waals surface area contributed by atoms with Crippen molar-refractivity contribution in [2.75, 3.05) is 18.0 Å². The third-order valence-electron chi connectivity index (χ3n) is 4.58. The van der Waals surface area contributed by atoms with E-state index in [0.29, 0.717) is 28.9 Å². The van der Waals surface area contributed by atoms with E-state index >= 15 is 0 Å². The standard InChI is InChI=1S/C17H19ClN6O/c1-17(19)3-6-24(7-4-17)14-10-21-15-12(23-14)9-22-16(15)25-13-2-5-20-8-11(13)18/h2,5,8,10H,3-4,6-7,9,19H2,1H3. The van der Waals surface area contributed by atoms with E-state index in [1.165, 1.54) is 6.20 Å². The minimum Gasteiger partial charge on any atom is -0.435 e. The van der Waals surface area contributed by atoms with Crippen LogP contribution < -0.4 is 15.4 Å². The summed E-state index contributed by atoms with van der Waals surface area (Å²) in [5, 5.41) is 0.432. The molecule has 2 aromatic heterocycles. The number of fused-ring (bicyclic) bond motifs is 1. The highest BCUT2D eigenvalue weighted by atomic mass is 35.5. The summed E-state index contributed by atoms with van der Waals surface area (Å²) in [5.41, 5.74) is 7.59. The number of pyridine rings is 1. The molecule has 2 aliphatic heterocycles. The zero-order chi connectivity index (χ0) is 17.4. The number of ether oxygens (including phenoxy) is 1. The van der Waals surface area contributed by atoms with Crippen LogP contribution in [0.3, 0.4) is 0 Å². The summed E-state index contributed by atoms with van der Waals surface area (Å²) in [6.45, 7) is 4.33. The number of anilines is 1. The van der Waals surface area contributed by atoms with Gasteiger partial charge in [0.05, 0.1) is 18.4 Å². The van der Waals surface area contributed by atoms with Gasteiger partial charge in [0.1, 0.15) is 16.5 Å². The molecular formula is C17H19ClN6O. The second-order valence-electron chi connectivity index (χ2n) is 6.69. The molecule has 0 unspecified atom stereocenters. The fraction of sp³-hybridized carbons (Fsp3) is 0.412. The van der Waals surface area contributed by atoms with Crippen LogP contribution in [-0.2, 0) is 6.54 Å². The molecule has 8 heteroatoms. The van der Waals surface area contributed by atoms with Crippen LogP contribution in [0.15, 0.2) is 29.6 Å². The molecule has 7 nitrogen and oxygen atoms in total. The van der Waals surface area contributed by atoms with Gasteiger partial charge in [-0.15, -0.1) is 0 Å². The number of nitrogens with zero attached hydrogens (tertiary/aromatic N) is 5. The number of piperidine rings is 1. The minimum absolute atomic E-state index is 0.0887. The molecule has 2 N–H and O–H groups in total. The van der Waals surface area contributed by atoms with E-state index in [1.807, 2.05) is 0 Å². The summed E-state index contributed by atoms with van der Waals surface area (Å²) in [7, 11) is 0. The quantitative estimate of drug-likeness (QED) is 0.885. The molecular weight excluding hydrogens is 340 g/mol. The Kier molecular flexibility index (Phi) is 4.05. The number of halogens is 1. The molecule has 4 heterocycles. The van der Waals surface area contributed by atoms with Gasteiger partial charge in [0.15, 0.2) is 5.75 Å². The zero-order valence-electron chi connectivity index (χ0n) is 13.9. The largest absolute Gasteiger partial charge is 0.435 e. The number of nitrogens with two attached hydrogens (primary N) is 1. The second kappa shape index (κ2) is 6.24.